The highest BCUT2D eigenvalue weighted by Crippen LogP contribution is 2.36. The minimum atomic E-state index is -0.176. The third-order valence-electron chi connectivity index (χ3n) is 2.98. The van der Waals surface area contributed by atoms with Crippen molar-refractivity contribution in [3.8, 4) is 0 Å². The van der Waals surface area contributed by atoms with Gasteiger partial charge in [-0.15, -0.1) is 11.3 Å². The van der Waals surface area contributed by atoms with Crippen LogP contribution in [-0.2, 0) is 6.42 Å². The van der Waals surface area contributed by atoms with Crippen molar-refractivity contribution in [2.45, 2.75) is 25.8 Å². The van der Waals surface area contributed by atoms with Crippen molar-refractivity contribution in [2.24, 2.45) is 0 Å². The lowest BCUT2D eigenvalue weighted by Crippen LogP contribution is -2.23. The lowest BCUT2D eigenvalue weighted by molar-refractivity contribution is 0.534. The summed E-state index contributed by atoms with van der Waals surface area (Å²) in [6, 6.07) is 9.17. The van der Waals surface area contributed by atoms with Crippen LogP contribution in [0.2, 0.25) is 0 Å². The predicted octanol–water partition coefficient (Wildman–Crippen LogP) is 5.70. The zero-order chi connectivity index (χ0) is 14.5. The molecule has 0 spiro atoms. The molecule has 1 aromatic carbocycles. The maximum absolute atomic E-state index is 13.3. The highest BCUT2D eigenvalue weighted by Gasteiger charge is 2.16. The van der Waals surface area contributed by atoms with Crippen LogP contribution in [-0.4, -0.2) is 6.54 Å². The van der Waals surface area contributed by atoms with E-state index in [1.165, 1.54) is 10.9 Å². The summed E-state index contributed by atoms with van der Waals surface area (Å²) in [6.45, 7) is 3.10. The van der Waals surface area contributed by atoms with Crippen LogP contribution in [0.4, 0.5) is 4.39 Å². The first-order valence-electron chi connectivity index (χ1n) is 6.52. The molecule has 0 saturated heterocycles. The fourth-order valence-corrected chi connectivity index (χ4v) is 4.19. The van der Waals surface area contributed by atoms with Crippen molar-refractivity contribution in [1.82, 2.24) is 5.32 Å². The molecular formula is C15H16Br2FNS. The molecule has 0 aliphatic heterocycles. The minimum Gasteiger partial charge on any atom is -0.309 e. The van der Waals surface area contributed by atoms with Crippen LogP contribution in [0.15, 0.2) is 38.6 Å². The zero-order valence-electron chi connectivity index (χ0n) is 11.1. The molecule has 0 aliphatic carbocycles. The van der Waals surface area contributed by atoms with Gasteiger partial charge in [-0.05, 0) is 75.0 Å². The number of halogens is 3. The smallest absolute Gasteiger partial charge is 0.123 e. The van der Waals surface area contributed by atoms with E-state index in [0.717, 1.165) is 33.2 Å². The first kappa shape index (κ1) is 16.1. The summed E-state index contributed by atoms with van der Waals surface area (Å²) in [5.41, 5.74) is 1.01. The van der Waals surface area contributed by atoms with Crippen LogP contribution in [0.3, 0.4) is 0 Å². The molecule has 1 nitrogen and oxygen atoms in total. The van der Waals surface area contributed by atoms with Crippen molar-refractivity contribution < 1.29 is 4.39 Å². The van der Waals surface area contributed by atoms with Gasteiger partial charge in [-0.1, -0.05) is 19.1 Å². The molecule has 5 heteroatoms. The van der Waals surface area contributed by atoms with Gasteiger partial charge in [-0.3, -0.25) is 0 Å². The number of rotatable bonds is 6. The highest BCUT2D eigenvalue weighted by atomic mass is 79.9. The summed E-state index contributed by atoms with van der Waals surface area (Å²) in [5, 5.41) is 3.54. The Morgan fingerprint density at radius 2 is 2.10 bits per heavy atom. The highest BCUT2D eigenvalue weighted by molar-refractivity contribution is 9.13. The lowest BCUT2D eigenvalue weighted by atomic mass is 10.0. The molecule has 108 valence electrons. The SMILES string of the molecule is CCCNC(Cc1cccc(F)c1)c1cc(Br)c(Br)s1. The number of hydrogen-bond acceptors (Lipinski definition) is 2. The summed E-state index contributed by atoms with van der Waals surface area (Å²) < 4.78 is 15.5. The van der Waals surface area contributed by atoms with E-state index >= 15 is 0 Å². The van der Waals surface area contributed by atoms with Gasteiger partial charge in [0.1, 0.15) is 5.82 Å². The summed E-state index contributed by atoms with van der Waals surface area (Å²) in [6.07, 6.45) is 1.87. The van der Waals surface area contributed by atoms with Crippen molar-refractivity contribution in [2.75, 3.05) is 6.54 Å². The summed E-state index contributed by atoms with van der Waals surface area (Å²) in [7, 11) is 0. The maximum atomic E-state index is 13.3. The lowest BCUT2D eigenvalue weighted by Gasteiger charge is -2.17. The summed E-state index contributed by atoms with van der Waals surface area (Å²) in [5.74, 6) is -0.176. The Morgan fingerprint density at radius 3 is 2.70 bits per heavy atom. The standard InChI is InChI=1S/C15H16Br2FNS/c1-2-6-19-13(14-9-12(16)15(17)20-14)8-10-4-3-5-11(18)7-10/h3-5,7,9,13,19H,2,6,8H2,1H3. The second kappa shape index (κ2) is 7.69. The second-order valence-corrected chi connectivity index (χ2v) is 7.87. The molecule has 1 N–H and O–H groups in total. The van der Waals surface area contributed by atoms with E-state index in [9.17, 15) is 4.39 Å². The number of thiophene rings is 1. The van der Waals surface area contributed by atoms with Gasteiger partial charge >= 0.3 is 0 Å². The first-order chi connectivity index (χ1) is 9.60. The van der Waals surface area contributed by atoms with Crippen molar-refractivity contribution in [3.63, 3.8) is 0 Å². The molecule has 0 radical (unpaired) electrons. The Balaban J connectivity index is 2.19. The topological polar surface area (TPSA) is 12.0 Å². The minimum absolute atomic E-state index is 0.176. The molecule has 20 heavy (non-hydrogen) atoms. The Labute approximate surface area is 139 Å². The average molecular weight is 421 g/mol. The van der Waals surface area contributed by atoms with Crippen LogP contribution >= 0.6 is 43.2 Å². The van der Waals surface area contributed by atoms with Crippen LogP contribution in [0.25, 0.3) is 0 Å². The zero-order valence-corrected chi connectivity index (χ0v) is 15.1. The maximum Gasteiger partial charge on any atom is 0.123 e. The van der Waals surface area contributed by atoms with Crippen molar-refractivity contribution >= 4 is 43.2 Å². The second-order valence-electron chi connectivity index (χ2n) is 4.61. The average Bonchev–Trinajstić information content (AvgIpc) is 2.74. The van der Waals surface area contributed by atoms with E-state index in [1.807, 2.05) is 6.07 Å². The number of benzene rings is 1. The molecule has 0 saturated carbocycles. The Bertz CT molecular complexity index is 551. The van der Waals surface area contributed by atoms with Gasteiger partial charge in [-0.25, -0.2) is 4.39 Å². The van der Waals surface area contributed by atoms with Crippen molar-refractivity contribution in [3.05, 3.63) is 54.8 Å². The quantitative estimate of drug-likeness (QED) is 0.632. The van der Waals surface area contributed by atoms with Crippen LogP contribution in [0.5, 0.6) is 0 Å². The van der Waals surface area contributed by atoms with Gasteiger partial charge in [0.25, 0.3) is 0 Å². The van der Waals surface area contributed by atoms with Gasteiger partial charge in [0.05, 0.1) is 3.79 Å². The predicted molar refractivity (Wildman–Crippen MR) is 90.9 cm³/mol. The van der Waals surface area contributed by atoms with E-state index in [4.69, 9.17) is 0 Å². The molecule has 0 aliphatic rings. The van der Waals surface area contributed by atoms with E-state index in [0.29, 0.717) is 0 Å². The molecule has 2 rings (SSSR count). The van der Waals surface area contributed by atoms with E-state index < -0.39 is 0 Å². The largest absolute Gasteiger partial charge is 0.309 e. The van der Waals surface area contributed by atoms with Crippen LogP contribution < -0.4 is 5.32 Å². The monoisotopic (exact) mass is 419 g/mol. The molecule has 1 heterocycles. The fourth-order valence-electron chi connectivity index (χ4n) is 2.03. The normalized spacial score (nSPS) is 12.6. The summed E-state index contributed by atoms with van der Waals surface area (Å²) in [4.78, 5) is 1.25. The fraction of sp³-hybridized carbons (Fsp3) is 0.333. The Kier molecular flexibility index (Phi) is 6.20. The Hall–Kier alpha value is -0.230. The molecule has 1 atom stereocenters. The van der Waals surface area contributed by atoms with E-state index in [2.05, 4.69) is 50.2 Å². The van der Waals surface area contributed by atoms with Crippen LogP contribution in [0, 0.1) is 5.82 Å². The summed E-state index contributed by atoms with van der Waals surface area (Å²) >= 11 is 8.77. The van der Waals surface area contributed by atoms with Crippen LogP contribution in [0.1, 0.15) is 29.8 Å². The van der Waals surface area contributed by atoms with Gasteiger partial charge in [0.15, 0.2) is 0 Å². The van der Waals surface area contributed by atoms with Crippen molar-refractivity contribution in [1.29, 1.82) is 0 Å². The molecule has 0 bridgehead atoms. The van der Waals surface area contributed by atoms with Gasteiger partial charge in [0.2, 0.25) is 0 Å². The first-order valence-corrected chi connectivity index (χ1v) is 8.93. The number of hydrogen-bond donors (Lipinski definition) is 1. The third kappa shape index (κ3) is 4.38. The van der Waals surface area contributed by atoms with E-state index in [-0.39, 0.29) is 11.9 Å². The molecule has 0 amide bonds. The molecule has 1 aromatic heterocycles. The molecule has 0 fully saturated rings. The van der Waals surface area contributed by atoms with Gasteiger partial charge in [0, 0.05) is 15.4 Å². The molecule has 2 aromatic rings. The Morgan fingerprint density at radius 1 is 1.30 bits per heavy atom. The third-order valence-corrected chi connectivity index (χ3v) is 6.35. The van der Waals surface area contributed by atoms with E-state index in [1.54, 1.807) is 23.5 Å². The number of nitrogens with one attached hydrogen (secondary N) is 1. The molecule has 1 unspecified atom stereocenters. The van der Waals surface area contributed by atoms with Gasteiger partial charge in [-0.2, -0.15) is 0 Å². The molecular weight excluding hydrogens is 405 g/mol. The van der Waals surface area contributed by atoms with Gasteiger partial charge < -0.3 is 5.32 Å².